The van der Waals surface area contributed by atoms with Crippen LogP contribution in [0.2, 0.25) is 0 Å². The highest BCUT2D eigenvalue weighted by Crippen LogP contribution is 2.43. The average molecular weight is 724 g/mol. The fraction of sp³-hybridized carbons (Fsp3) is 0.325. The molecule has 3 aromatic carbocycles. The molecule has 0 radical (unpaired) electrons. The molecule has 1 aliphatic carbocycles. The van der Waals surface area contributed by atoms with Gasteiger partial charge in [0.2, 0.25) is 5.36 Å². The number of carboxylic acid groups (broad SMARTS) is 2. The monoisotopic (exact) mass is 723 g/mol. The van der Waals surface area contributed by atoms with E-state index in [1.165, 1.54) is 9.80 Å². The zero-order chi connectivity index (χ0) is 38.2. The van der Waals surface area contributed by atoms with Gasteiger partial charge in [-0.05, 0) is 60.5 Å². The largest absolute Gasteiger partial charge is 0.853 e. The molecule has 5 rings (SSSR count). The average Bonchev–Trinajstić information content (AvgIpc) is 3.11. The fourth-order valence-corrected chi connectivity index (χ4v) is 6.18. The van der Waals surface area contributed by atoms with E-state index in [-0.39, 0.29) is 26.3 Å². The van der Waals surface area contributed by atoms with Crippen molar-refractivity contribution in [2.75, 3.05) is 95.5 Å². The zero-order valence-electron chi connectivity index (χ0n) is 30.5. The van der Waals surface area contributed by atoms with Gasteiger partial charge in [0, 0.05) is 61.5 Å². The van der Waals surface area contributed by atoms with Crippen LogP contribution in [0.15, 0.2) is 77.2 Å². The summed E-state index contributed by atoms with van der Waals surface area (Å²) >= 11 is 0. The Balaban J connectivity index is 1.57. The van der Waals surface area contributed by atoms with Crippen LogP contribution in [-0.4, -0.2) is 92.7 Å². The van der Waals surface area contributed by atoms with E-state index in [2.05, 4.69) is 0 Å². The van der Waals surface area contributed by atoms with Crippen molar-refractivity contribution in [1.82, 2.24) is 4.58 Å². The topological polar surface area (TPSA) is 171 Å². The van der Waals surface area contributed by atoms with Gasteiger partial charge in [-0.3, -0.25) is 0 Å². The highest BCUT2D eigenvalue weighted by Gasteiger charge is 2.21. The number of aliphatic carboxylic acids is 2. The molecular weight excluding hydrogens is 680 g/mol. The van der Waals surface area contributed by atoms with E-state index in [0.29, 0.717) is 34.2 Å². The molecule has 3 aromatic rings. The summed E-state index contributed by atoms with van der Waals surface area (Å²) in [6.07, 6.45) is 0. The molecule has 1 aliphatic heterocycles. The van der Waals surface area contributed by atoms with Gasteiger partial charge in [0.25, 0.3) is 0 Å². The number of rotatable bonds is 17. The van der Waals surface area contributed by atoms with E-state index in [1.807, 2.05) is 93.1 Å². The van der Waals surface area contributed by atoms with Crippen LogP contribution in [0.1, 0.15) is 5.56 Å². The van der Waals surface area contributed by atoms with E-state index in [4.69, 9.17) is 13.9 Å². The lowest BCUT2D eigenvalue weighted by atomic mass is 9.93. The Labute approximate surface area is 308 Å². The van der Waals surface area contributed by atoms with Crippen molar-refractivity contribution in [2.45, 2.75) is 6.92 Å². The summed E-state index contributed by atoms with van der Waals surface area (Å²) in [5.74, 6) is -1.34. The van der Waals surface area contributed by atoms with E-state index in [1.54, 1.807) is 24.3 Å². The number of anilines is 3. The first-order valence-electron chi connectivity index (χ1n) is 17.1. The number of benzene rings is 4. The quantitative estimate of drug-likeness (QED) is 0.0711. The number of carbonyl (C=O) groups excluding carboxylic acids is 2. The molecule has 0 spiro atoms. The summed E-state index contributed by atoms with van der Waals surface area (Å²) in [4.78, 5) is 28.0. The minimum atomic E-state index is -1.35. The van der Waals surface area contributed by atoms with Crippen molar-refractivity contribution in [2.24, 2.45) is 0 Å². The van der Waals surface area contributed by atoms with Gasteiger partial charge in [-0.25, -0.2) is 4.58 Å². The van der Waals surface area contributed by atoms with Crippen molar-refractivity contribution < 1.29 is 43.9 Å². The molecule has 13 nitrogen and oxygen atoms in total. The number of aryl methyl sites for hydroxylation is 1. The molecular formula is C40H43N4O9-3. The molecule has 0 fully saturated rings. The van der Waals surface area contributed by atoms with Crippen LogP contribution in [0, 0.1) is 6.92 Å². The number of carboxylic acids is 2. The van der Waals surface area contributed by atoms with Gasteiger partial charge >= 0.3 is 0 Å². The second kappa shape index (κ2) is 17.2. The van der Waals surface area contributed by atoms with Crippen molar-refractivity contribution in [3.63, 3.8) is 0 Å². The third kappa shape index (κ3) is 9.18. The number of hydrogen-bond acceptors (Lipinski definition) is 12. The molecule has 53 heavy (non-hydrogen) atoms. The van der Waals surface area contributed by atoms with Gasteiger partial charge < -0.3 is 58.6 Å². The summed E-state index contributed by atoms with van der Waals surface area (Å²) in [5.41, 5.74) is 5.77. The van der Waals surface area contributed by atoms with Crippen LogP contribution in [0.4, 0.5) is 17.1 Å². The third-order valence-corrected chi connectivity index (χ3v) is 8.73. The molecule has 0 aromatic heterocycles. The van der Waals surface area contributed by atoms with Gasteiger partial charge in [0.1, 0.15) is 50.2 Å². The molecule has 13 heteroatoms. The summed E-state index contributed by atoms with van der Waals surface area (Å²) in [5, 5.41) is 48.2. The molecule has 2 aliphatic rings. The number of hydrogen-bond donors (Lipinski definition) is 0. The first-order valence-corrected chi connectivity index (χ1v) is 17.1. The minimum Gasteiger partial charge on any atom is -0.853 e. The highest BCUT2D eigenvalue weighted by molar-refractivity contribution is 6.03. The Morgan fingerprint density at radius 1 is 0.755 bits per heavy atom. The first-order chi connectivity index (χ1) is 25.4. The van der Waals surface area contributed by atoms with Gasteiger partial charge in [0.15, 0.2) is 0 Å². The second-order valence-corrected chi connectivity index (χ2v) is 13.0. The summed E-state index contributed by atoms with van der Waals surface area (Å²) < 4.78 is 20.9. The predicted molar refractivity (Wildman–Crippen MR) is 196 cm³/mol. The molecule has 0 saturated heterocycles. The molecule has 1 heterocycles. The Bertz CT molecular complexity index is 2120. The van der Waals surface area contributed by atoms with E-state index < -0.39 is 38.2 Å². The lowest BCUT2D eigenvalue weighted by Crippen LogP contribution is -2.41. The molecule has 0 amide bonds. The minimum absolute atomic E-state index is 0.00752. The van der Waals surface area contributed by atoms with Crippen LogP contribution in [0.5, 0.6) is 11.5 Å². The van der Waals surface area contributed by atoms with Crippen LogP contribution in [0.25, 0.3) is 33.4 Å². The third-order valence-electron chi connectivity index (χ3n) is 8.73. The number of fused-ring (bicyclic) bond motifs is 2. The highest BCUT2D eigenvalue weighted by atomic mass is 16.5. The van der Waals surface area contributed by atoms with Crippen LogP contribution in [0.3, 0.4) is 0 Å². The van der Waals surface area contributed by atoms with E-state index in [9.17, 15) is 30.0 Å². The Morgan fingerprint density at radius 2 is 1.36 bits per heavy atom. The Hall–Kier alpha value is -5.79. The van der Waals surface area contributed by atoms with Gasteiger partial charge in [0.05, 0.1) is 42.5 Å². The number of carbonyl (C=O) groups is 2. The van der Waals surface area contributed by atoms with Crippen molar-refractivity contribution in [3.8, 4) is 33.9 Å². The summed E-state index contributed by atoms with van der Waals surface area (Å²) in [6.45, 7) is -0.385. The smallest absolute Gasteiger partial charge is 0.203 e. The predicted octanol–water partition coefficient (Wildman–Crippen LogP) is -0.0982. The zero-order valence-corrected chi connectivity index (χ0v) is 30.5. The van der Waals surface area contributed by atoms with Crippen molar-refractivity contribution >= 4 is 40.0 Å². The maximum atomic E-state index is 11.8. The SMILES string of the molecule is Cc1ccc(N(CC[O-])CC(=O)[O-])c(OCCOc2cc(-c3c4ccc(=[N+](C)C)cc-4oc4cc(N(C)C)ccc34)ccc2N(CC[O-])CC(=O)[O-])c1. The fourth-order valence-electron chi connectivity index (χ4n) is 6.18. The molecule has 0 N–H and O–H groups in total. The number of nitrogens with zero attached hydrogens (tertiary/aromatic N) is 4. The Morgan fingerprint density at radius 3 is 1.92 bits per heavy atom. The van der Waals surface area contributed by atoms with E-state index in [0.717, 1.165) is 38.7 Å². The maximum absolute atomic E-state index is 11.8. The van der Waals surface area contributed by atoms with Crippen LogP contribution >= 0.6 is 0 Å². The molecule has 0 saturated carbocycles. The summed E-state index contributed by atoms with van der Waals surface area (Å²) in [6, 6.07) is 22.6. The summed E-state index contributed by atoms with van der Waals surface area (Å²) in [7, 11) is 7.82. The van der Waals surface area contributed by atoms with Crippen LogP contribution in [-0.2, 0) is 9.59 Å². The van der Waals surface area contributed by atoms with Crippen molar-refractivity contribution in [3.05, 3.63) is 83.7 Å². The molecule has 0 unspecified atom stereocenters. The lowest BCUT2D eigenvalue weighted by molar-refractivity contribution is -0.364. The normalized spacial score (nSPS) is 11.1. The number of ether oxygens (including phenoxy) is 2. The Kier molecular flexibility index (Phi) is 12.4. The van der Waals surface area contributed by atoms with Gasteiger partial charge in [-0.2, -0.15) is 0 Å². The van der Waals surface area contributed by atoms with Gasteiger partial charge in [-0.1, -0.05) is 12.1 Å². The lowest BCUT2D eigenvalue weighted by Gasteiger charge is -2.29. The standard InChI is InChI=1S/C40H45N4O9/c1-26-6-12-32(43(14-16-45)24-38(47)48)36(20-26)51-18-19-52-37-21-27(7-13-33(37)44(15-17-46)25-39(49)50)40-30-10-8-28(41(2)3)22-34(30)53-35-23-29(42(4)5)9-11-31(35)40/h6-13,20-23H,14-19,24-25H2,1-5H3,(H,47,48)(H,49,50)/q-1/p-2. The van der Waals surface area contributed by atoms with E-state index >= 15 is 0 Å². The second-order valence-electron chi connectivity index (χ2n) is 13.0. The first kappa shape index (κ1) is 38.4. The molecule has 280 valence electrons. The molecule has 0 bridgehead atoms. The van der Waals surface area contributed by atoms with Gasteiger partial charge in [-0.15, -0.1) is 13.2 Å². The molecule has 0 atom stereocenters. The van der Waals surface area contributed by atoms with Crippen LogP contribution < -0.4 is 54.5 Å². The van der Waals surface area contributed by atoms with Crippen molar-refractivity contribution in [1.29, 1.82) is 0 Å². The maximum Gasteiger partial charge on any atom is 0.203 e.